The maximum absolute atomic E-state index is 12.7. The predicted octanol–water partition coefficient (Wildman–Crippen LogP) is 3.46. The number of amides is 1. The van der Waals surface area contributed by atoms with Crippen LogP contribution < -0.4 is 14.8 Å². The lowest BCUT2D eigenvalue weighted by molar-refractivity contribution is 0.102. The third kappa shape index (κ3) is 5.66. The number of hydrogen-bond acceptors (Lipinski definition) is 5. The number of hydrogen-bond donors (Lipinski definition) is 2. The minimum atomic E-state index is -3.85. The van der Waals surface area contributed by atoms with Gasteiger partial charge < -0.3 is 10.1 Å². The van der Waals surface area contributed by atoms with Crippen molar-refractivity contribution in [1.82, 2.24) is 9.71 Å². The summed E-state index contributed by atoms with van der Waals surface area (Å²) in [5.41, 5.74) is -0.607. The lowest BCUT2D eigenvalue weighted by Gasteiger charge is -2.21. The molecule has 0 atom stereocenters. The normalized spacial score (nSPS) is 11.9. The molecule has 7 nitrogen and oxygen atoms in total. The molecule has 0 aliphatic carbocycles. The minimum Gasteiger partial charge on any atom is -0.478 e. The second kappa shape index (κ2) is 8.24. The second-order valence-corrected chi connectivity index (χ2v) is 8.78. The highest BCUT2D eigenvalue weighted by Gasteiger charge is 2.25. The number of halogens is 1. The number of rotatable bonds is 6. The number of carbonyl (C=O) groups is 1. The van der Waals surface area contributed by atoms with Gasteiger partial charge in [-0.15, -0.1) is 0 Å². The van der Waals surface area contributed by atoms with Crippen LogP contribution in [0.4, 0.5) is 5.69 Å². The van der Waals surface area contributed by atoms with E-state index in [0.29, 0.717) is 6.61 Å². The summed E-state index contributed by atoms with van der Waals surface area (Å²) in [5, 5.41) is 2.70. The number of benzene rings is 1. The van der Waals surface area contributed by atoms with Crippen LogP contribution in [0.3, 0.4) is 0 Å². The molecule has 0 saturated heterocycles. The smallest absolute Gasteiger partial charge is 0.275 e. The molecule has 2 aromatic rings. The number of pyridine rings is 1. The quantitative estimate of drug-likeness (QED) is 0.758. The lowest BCUT2D eigenvalue weighted by atomic mass is 10.1. The molecule has 0 unspecified atom stereocenters. The number of para-hydroxylation sites is 1. The molecular formula is C18H22ClN3O4S. The number of ether oxygens (including phenoxy) is 1. The molecule has 0 aliphatic heterocycles. The third-order valence-corrected chi connectivity index (χ3v) is 5.31. The fourth-order valence-corrected chi connectivity index (χ4v) is 4.03. The summed E-state index contributed by atoms with van der Waals surface area (Å²) in [5.74, 6) is -0.387. The van der Waals surface area contributed by atoms with Crippen LogP contribution >= 0.6 is 11.6 Å². The first-order valence-corrected chi connectivity index (χ1v) is 10.1. The van der Waals surface area contributed by atoms with Gasteiger partial charge in [0.15, 0.2) is 5.69 Å². The van der Waals surface area contributed by atoms with E-state index in [1.807, 2.05) is 0 Å². The van der Waals surface area contributed by atoms with E-state index in [-0.39, 0.29) is 27.2 Å². The van der Waals surface area contributed by atoms with Gasteiger partial charge in [0.1, 0.15) is 4.90 Å². The molecule has 146 valence electrons. The summed E-state index contributed by atoms with van der Waals surface area (Å²) in [4.78, 5) is 16.7. The lowest BCUT2D eigenvalue weighted by Crippen LogP contribution is -2.40. The zero-order valence-corrected chi connectivity index (χ0v) is 17.1. The summed E-state index contributed by atoms with van der Waals surface area (Å²) >= 11 is 6.06. The molecule has 9 heteroatoms. The van der Waals surface area contributed by atoms with E-state index < -0.39 is 21.5 Å². The van der Waals surface area contributed by atoms with Gasteiger partial charge in [0.25, 0.3) is 5.91 Å². The molecule has 1 heterocycles. The van der Waals surface area contributed by atoms with Gasteiger partial charge in [-0.2, -0.15) is 0 Å². The van der Waals surface area contributed by atoms with Gasteiger partial charge in [-0.3, -0.25) is 4.79 Å². The maximum Gasteiger partial charge on any atom is 0.275 e. The van der Waals surface area contributed by atoms with E-state index in [0.717, 1.165) is 0 Å². The summed E-state index contributed by atoms with van der Waals surface area (Å²) in [6, 6.07) is 9.16. The van der Waals surface area contributed by atoms with Gasteiger partial charge >= 0.3 is 0 Å². The Kier molecular flexibility index (Phi) is 6.46. The molecular weight excluding hydrogens is 390 g/mol. The Morgan fingerprint density at radius 3 is 2.48 bits per heavy atom. The maximum atomic E-state index is 12.7. The standard InChI is InChI=1S/C18H22ClN3O4S/c1-5-26-15-11-10-12(19)16(21-15)17(23)20-13-8-6-7-9-14(13)27(24,25)22-18(2,3)4/h6-11,22H,5H2,1-4H3,(H,20,23). The minimum absolute atomic E-state index is 0.0506. The zero-order chi connectivity index (χ0) is 20.2. The first-order chi connectivity index (χ1) is 12.5. The molecule has 0 radical (unpaired) electrons. The number of nitrogens with zero attached hydrogens (tertiary/aromatic N) is 1. The SMILES string of the molecule is CCOc1ccc(Cl)c(C(=O)Nc2ccccc2S(=O)(=O)NC(C)(C)C)n1. The zero-order valence-electron chi connectivity index (χ0n) is 15.5. The van der Waals surface area contributed by atoms with Crippen molar-refractivity contribution in [2.75, 3.05) is 11.9 Å². The van der Waals surface area contributed by atoms with E-state index >= 15 is 0 Å². The third-order valence-electron chi connectivity index (χ3n) is 3.19. The van der Waals surface area contributed by atoms with Crippen LogP contribution in [0.2, 0.25) is 5.02 Å². The highest BCUT2D eigenvalue weighted by molar-refractivity contribution is 7.89. The van der Waals surface area contributed by atoms with E-state index in [4.69, 9.17) is 16.3 Å². The summed E-state index contributed by atoms with van der Waals surface area (Å²) in [6.45, 7) is 7.37. The molecule has 0 bridgehead atoms. The van der Waals surface area contributed by atoms with Crippen molar-refractivity contribution in [3.8, 4) is 5.88 Å². The number of aromatic nitrogens is 1. The number of carbonyl (C=O) groups excluding carboxylic acids is 1. The molecule has 0 aliphatic rings. The molecule has 2 rings (SSSR count). The summed E-state index contributed by atoms with van der Waals surface area (Å²) in [6.07, 6.45) is 0. The molecule has 1 aromatic carbocycles. The van der Waals surface area contributed by atoms with Gasteiger partial charge in [-0.1, -0.05) is 23.7 Å². The average molecular weight is 412 g/mol. The van der Waals surface area contributed by atoms with E-state index in [1.165, 1.54) is 18.2 Å². The molecule has 1 aromatic heterocycles. The predicted molar refractivity (Wildman–Crippen MR) is 105 cm³/mol. The molecule has 0 saturated carbocycles. The number of anilines is 1. The largest absolute Gasteiger partial charge is 0.478 e. The van der Waals surface area contributed by atoms with Crippen LogP contribution in [0.5, 0.6) is 5.88 Å². The Balaban J connectivity index is 2.37. The van der Waals surface area contributed by atoms with Crippen molar-refractivity contribution >= 4 is 33.2 Å². The van der Waals surface area contributed by atoms with Crippen molar-refractivity contribution in [2.45, 2.75) is 38.1 Å². The second-order valence-electron chi connectivity index (χ2n) is 6.72. The van der Waals surface area contributed by atoms with E-state index in [1.54, 1.807) is 45.9 Å². The summed E-state index contributed by atoms with van der Waals surface area (Å²) in [7, 11) is -3.85. The van der Waals surface area contributed by atoms with Crippen LogP contribution in [-0.2, 0) is 10.0 Å². The van der Waals surface area contributed by atoms with Gasteiger partial charge in [0, 0.05) is 11.6 Å². The topological polar surface area (TPSA) is 97.4 Å². The van der Waals surface area contributed by atoms with Gasteiger partial charge in [0.05, 0.1) is 17.3 Å². The van der Waals surface area contributed by atoms with Crippen molar-refractivity contribution < 1.29 is 17.9 Å². The molecule has 27 heavy (non-hydrogen) atoms. The number of nitrogens with one attached hydrogen (secondary N) is 2. The fraction of sp³-hybridized carbons (Fsp3) is 0.333. The Labute approximate surface area is 164 Å². The first kappa shape index (κ1) is 21.1. The highest BCUT2D eigenvalue weighted by atomic mass is 35.5. The van der Waals surface area contributed by atoms with Crippen molar-refractivity contribution in [1.29, 1.82) is 0 Å². The Morgan fingerprint density at radius 2 is 1.85 bits per heavy atom. The molecule has 0 spiro atoms. The van der Waals surface area contributed by atoms with E-state index in [2.05, 4.69) is 15.0 Å². The van der Waals surface area contributed by atoms with E-state index in [9.17, 15) is 13.2 Å². The molecule has 2 N–H and O–H groups in total. The van der Waals surface area contributed by atoms with Crippen LogP contribution in [0.15, 0.2) is 41.3 Å². The van der Waals surface area contributed by atoms with Crippen molar-refractivity contribution in [3.05, 3.63) is 47.1 Å². The fourth-order valence-electron chi connectivity index (χ4n) is 2.26. The van der Waals surface area contributed by atoms with Gasteiger partial charge in [-0.25, -0.2) is 18.1 Å². The number of sulfonamides is 1. The Bertz CT molecular complexity index is 940. The molecule has 0 fully saturated rings. The van der Waals surface area contributed by atoms with Crippen LogP contribution in [0.25, 0.3) is 0 Å². The average Bonchev–Trinajstić information content (AvgIpc) is 2.55. The monoisotopic (exact) mass is 411 g/mol. The van der Waals surface area contributed by atoms with Gasteiger partial charge in [0.2, 0.25) is 15.9 Å². The molecule has 1 amide bonds. The first-order valence-electron chi connectivity index (χ1n) is 8.27. The van der Waals surface area contributed by atoms with Crippen LogP contribution in [-0.4, -0.2) is 31.5 Å². The van der Waals surface area contributed by atoms with Gasteiger partial charge in [-0.05, 0) is 45.9 Å². The van der Waals surface area contributed by atoms with Crippen LogP contribution in [0.1, 0.15) is 38.2 Å². The van der Waals surface area contributed by atoms with Crippen molar-refractivity contribution in [2.24, 2.45) is 0 Å². The highest BCUT2D eigenvalue weighted by Crippen LogP contribution is 2.24. The summed E-state index contributed by atoms with van der Waals surface area (Å²) < 4.78 is 33.2. The van der Waals surface area contributed by atoms with Crippen molar-refractivity contribution in [3.63, 3.8) is 0 Å². The van der Waals surface area contributed by atoms with Crippen LogP contribution in [0, 0.1) is 0 Å². The Morgan fingerprint density at radius 1 is 1.19 bits per heavy atom. The Hall–Kier alpha value is -2.16.